The number of amides is 2. The molecule has 3 rings (SSSR count). The fourth-order valence-electron chi connectivity index (χ4n) is 3.31. The quantitative estimate of drug-likeness (QED) is 0.703. The smallest absolute Gasteiger partial charge is 0.309 e. The summed E-state index contributed by atoms with van der Waals surface area (Å²) in [6, 6.07) is 11.1. The summed E-state index contributed by atoms with van der Waals surface area (Å²) < 4.78 is 5.45. The van der Waals surface area contributed by atoms with Crippen LogP contribution in [0.3, 0.4) is 0 Å². The third-order valence-electron chi connectivity index (χ3n) is 4.71. The van der Waals surface area contributed by atoms with Gasteiger partial charge in [-0.1, -0.05) is 35.9 Å². The Bertz CT molecular complexity index is 794. The van der Waals surface area contributed by atoms with Crippen LogP contribution in [0.5, 0.6) is 0 Å². The second-order valence-electron chi connectivity index (χ2n) is 6.64. The molecule has 2 atom stereocenters. The largest absolute Gasteiger partial charge is 0.379 e. The number of ether oxygens (including phenoxy) is 1. The van der Waals surface area contributed by atoms with Gasteiger partial charge < -0.3 is 15.4 Å². The summed E-state index contributed by atoms with van der Waals surface area (Å²) in [5.74, 6) is -1.31. The molecule has 150 valence electrons. The third kappa shape index (κ3) is 5.32. The number of carbonyl (C=O) groups is 2. The maximum absolute atomic E-state index is 12.4. The van der Waals surface area contributed by atoms with Crippen LogP contribution in [0.4, 0.5) is 0 Å². The summed E-state index contributed by atoms with van der Waals surface area (Å²) in [7, 11) is 0. The van der Waals surface area contributed by atoms with E-state index in [9.17, 15) is 9.59 Å². The highest BCUT2D eigenvalue weighted by molar-refractivity contribution is 7.10. The number of hydrogen-bond donors (Lipinski definition) is 2. The molecular formula is C20H24ClN3O3S. The molecule has 0 radical (unpaired) electrons. The zero-order chi connectivity index (χ0) is 19.9. The molecule has 1 aliphatic rings. The van der Waals surface area contributed by atoms with Gasteiger partial charge in [-0.15, -0.1) is 11.3 Å². The molecule has 0 aliphatic carbocycles. The molecule has 2 N–H and O–H groups in total. The fourth-order valence-corrected chi connectivity index (χ4v) is 4.47. The lowest BCUT2D eigenvalue weighted by atomic mass is 10.1. The van der Waals surface area contributed by atoms with Crippen molar-refractivity contribution in [1.29, 1.82) is 0 Å². The molecule has 0 spiro atoms. The first-order valence-electron chi connectivity index (χ1n) is 9.23. The van der Waals surface area contributed by atoms with Gasteiger partial charge in [0.25, 0.3) is 0 Å². The lowest BCUT2D eigenvalue weighted by Crippen LogP contribution is -2.51. The Labute approximate surface area is 173 Å². The van der Waals surface area contributed by atoms with E-state index in [2.05, 4.69) is 21.6 Å². The Morgan fingerprint density at radius 1 is 1.18 bits per heavy atom. The molecule has 1 aromatic heterocycles. The molecule has 0 saturated carbocycles. The molecule has 0 bridgehead atoms. The third-order valence-corrected chi connectivity index (χ3v) is 6.02. The minimum Gasteiger partial charge on any atom is -0.379 e. The predicted octanol–water partition coefficient (Wildman–Crippen LogP) is 2.60. The standard InChI is InChI=1S/C20H24ClN3O3S/c1-14(18(17-7-4-12-28-17)24-8-10-27-11-9-24)23-20(26)19(25)22-13-15-5-2-3-6-16(15)21/h2-7,12,14,18H,8-11,13H2,1H3,(H,22,25)(H,23,26)/t14-,18-/m1/s1. The van der Waals surface area contributed by atoms with Gasteiger partial charge in [0.2, 0.25) is 0 Å². The Hall–Kier alpha value is -1.93. The monoisotopic (exact) mass is 421 g/mol. The SMILES string of the molecule is C[C@@H](NC(=O)C(=O)NCc1ccccc1Cl)[C@H](c1cccs1)N1CCOCC1. The molecule has 2 heterocycles. The van der Waals surface area contributed by atoms with Crippen molar-refractivity contribution in [3.63, 3.8) is 0 Å². The topological polar surface area (TPSA) is 70.7 Å². The Balaban J connectivity index is 1.60. The minimum absolute atomic E-state index is 0.00391. The van der Waals surface area contributed by atoms with Crippen molar-refractivity contribution in [1.82, 2.24) is 15.5 Å². The van der Waals surface area contributed by atoms with Crippen molar-refractivity contribution in [2.45, 2.75) is 25.6 Å². The number of rotatable bonds is 6. The summed E-state index contributed by atoms with van der Waals surface area (Å²) >= 11 is 7.74. The number of carbonyl (C=O) groups excluding carboxylic acids is 2. The number of morpholine rings is 1. The van der Waals surface area contributed by atoms with E-state index in [1.165, 1.54) is 0 Å². The van der Waals surface area contributed by atoms with Crippen LogP contribution in [0.1, 0.15) is 23.4 Å². The summed E-state index contributed by atoms with van der Waals surface area (Å²) in [6.07, 6.45) is 0. The van der Waals surface area contributed by atoms with Crippen LogP contribution in [0.2, 0.25) is 5.02 Å². The summed E-state index contributed by atoms with van der Waals surface area (Å²) in [5.41, 5.74) is 0.767. The van der Waals surface area contributed by atoms with Gasteiger partial charge in [-0.05, 0) is 30.0 Å². The second kappa shape index (κ2) is 10.0. The number of nitrogens with zero attached hydrogens (tertiary/aromatic N) is 1. The molecule has 2 aromatic rings. The number of benzene rings is 1. The van der Waals surface area contributed by atoms with Crippen molar-refractivity contribution in [3.05, 3.63) is 57.2 Å². The molecule has 0 unspecified atom stereocenters. The number of hydrogen-bond acceptors (Lipinski definition) is 5. The highest BCUT2D eigenvalue weighted by atomic mass is 35.5. The van der Waals surface area contributed by atoms with Gasteiger partial charge in [0, 0.05) is 35.6 Å². The van der Waals surface area contributed by atoms with Crippen LogP contribution >= 0.6 is 22.9 Å². The van der Waals surface area contributed by atoms with Crippen LogP contribution in [-0.2, 0) is 20.9 Å². The van der Waals surface area contributed by atoms with E-state index in [0.29, 0.717) is 18.2 Å². The first-order valence-corrected chi connectivity index (χ1v) is 10.5. The summed E-state index contributed by atoms with van der Waals surface area (Å²) in [6.45, 7) is 5.06. The predicted molar refractivity (Wildman–Crippen MR) is 110 cm³/mol. The Kier molecular flexibility index (Phi) is 7.44. The molecule has 1 aromatic carbocycles. The van der Waals surface area contributed by atoms with Crippen molar-refractivity contribution < 1.29 is 14.3 Å². The highest BCUT2D eigenvalue weighted by Gasteiger charge is 2.30. The van der Waals surface area contributed by atoms with Crippen molar-refractivity contribution in [2.24, 2.45) is 0 Å². The Morgan fingerprint density at radius 2 is 1.93 bits per heavy atom. The van der Waals surface area contributed by atoms with Gasteiger partial charge >= 0.3 is 11.8 Å². The van der Waals surface area contributed by atoms with Gasteiger partial charge in [0.1, 0.15) is 0 Å². The number of nitrogens with one attached hydrogen (secondary N) is 2. The number of thiophene rings is 1. The molecule has 2 amide bonds. The van der Waals surface area contributed by atoms with Crippen LogP contribution in [0.15, 0.2) is 41.8 Å². The lowest BCUT2D eigenvalue weighted by Gasteiger charge is -2.37. The van der Waals surface area contributed by atoms with E-state index in [-0.39, 0.29) is 18.6 Å². The van der Waals surface area contributed by atoms with Crippen LogP contribution < -0.4 is 10.6 Å². The first kappa shape index (κ1) is 20.8. The van der Waals surface area contributed by atoms with E-state index in [1.807, 2.05) is 36.6 Å². The van der Waals surface area contributed by atoms with Gasteiger partial charge in [0.15, 0.2) is 0 Å². The lowest BCUT2D eigenvalue weighted by molar-refractivity contribution is -0.140. The van der Waals surface area contributed by atoms with Gasteiger partial charge in [-0.2, -0.15) is 0 Å². The Morgan fingerprint density at radius 3 is 2.61 bits per heavy atom. The average molecular weight is 422 g/mol. The van der Waals surface area contributed by atoms with Crippen LogP contribution in [0, 0.1) is 0 Å². The average Bonchev–Trinajstić information content (AvgIpc) is 3.22. The zero-order valence-electron chi connectivity index (χ0n) is 15.7. The molecule has 1 aliphatic heterocycles. The summed E-state index contributed by atoms with van der Waals surface area (Å²) in [5, 5.41) is 8.07. The first-order chi connectivity index (χ1) is 13.6. The van der Waals surface area contributed by atoms with Crippen molar-refractivity contribution in [2.75, 3.05) is 26.3 Å². The molecule has 1 saturated heterocycles. The maximum atomic E-state index is 12.4. The highest BCUT2D eigenvalue weighted by Crippen LogP contribution is 2.29. The van der Waals surface area contributed by atoms with E-state index in [0.717, 1.165) is 23.5 Å². The molecule has 1 fully saturated rings. The van der Waals surface area contributed by atoms with Gasteiger partial charge in [-0.25, -0.2) is 0 Å². The van der Waals surface area contributed by atoms with E-state index >= 15 is 0 Å². The number of halogens is 1. The maximum Gasteiger partial charge on any atom is 0.309 e. The van der Waals surface area contributed by atoms with E-state index in [4.69, 9.17) is 16.3 Å². The molecule has 28 heavy (non-hydrogen) atoms. The molecular weight excluding hydrogens is 398 g/mol. The minimum atomic E-state index is -0.668. The van der Waals surface area contributed by atoms with Gasteiger partial charge in [0.05, 0.1) is 19.3 Å². The molecule has 6 nitrogen and oxygen atoms in total. The van der Waals surface area contributed by atoms with Crippen molar-refractivity contribution >= 4 is 34.8 Å². The second-order valence-corrected chi connectivity index (χ2v) is 8.03. The molecule has 8 heteroatoms. The van der Waals surface area contributed by atoms with Gasteiger partial charge in [-0.3, -0.25) is 14.5 Å². The van der Waals surface area contributed by atoms with E-state index < -0.39 is 11.8 Å². The van der Waals surface area contributed by atoms with Crippen molar-refractivity contribution in [3.8, 4) is 0 Å². The van der Waals surface area contributed by atoms with E-state index in [1.54, 1.807) is 17.4 Å². The van der Waals surface area contributed by atoms with Crippen LogP contribution in [0.25, 0.3) is 0 Å². The normalized spacial score (nSPS) is 16.9. The zero-order valence-corrected chi connectivity index (χ0v) is 17.3. The fraction of sp³-hybridized carbons (Fsp3) is 0.400. The summed E-state index contributed by atoms with van der Waals surface area (Å²) in [4.78, 5) is 28.1. The van der Waals surface area contributed by atoms with Crippen LogP contribution in [-0.4, -0.2) is 49.1 Å².